The number of benzene rings is 1. The highest BCUT2D eigenvalue weighted by Gasteiger charge is 2.50. The summed E-state index contributed by atoms with van der Waals surface area (Å²) in [6.07, 6.45) is 2.95. The minimum atomic E-state index is -0.858. The molecule has 1 aromatic carbocycles. The first-order chi connectivity index (χ1) is 15.5. The summed E-state index contributed by atoms with van der Waals surface area (Å²) in [5.74, 6) is 1.62. The Hall–Kier alpha value is -3.01. The van der Waals surface area contributed by atoms with E-state index < -0.39 is 30.2 Å². The summed E-state index contributed by atoms with van der Waals surface area (Å²) < 4.78 is 10.9. The Kier molecular flexibility index (Phi) is 6.69. The molecule has 0 saturated carbocycles. The Morgan fingerprint density at radius 3 is 2.44 bits per heavy atom. The molecule has 0 aliphatic carbocycles. The lowest BCUT2D eigenvalue weighted by molar-refractivity contribution is -0.127. The number of guanidine groups is 1. The average molecular weight is 446 g/mol. The molecule has 2 saturated heterocycles. The van der Waals surface area contributed by atoms with Crippen LogP contribution in [0, 0.1) is 0 Å². The SMILES string of the molecule is COc1ccc(OCC(O)CN2C(N3CCCCCC3)=NC3C2C(=O)NC(=O)N3C)cc1. The number of urea groups is 1. The minimum absolute atomic E-state index is 0.0594. The molecule has 10 nitrogen and oxygen atoms in total. The molecule has 3 aliphatic rings. The van der Waals surface area contributed by atoms with Gasteiger partial charge in [0.25, 0.3) is 5.91 Å². The number of nitrogens with zero attached hydrogens (tertiary/aromatic N) is 4. The van der Waals surface area contributed by atoms with E-state index in [0.717, 1.165) is 44.5 Å². The molecular weight excluding hydrogens is 414 g/mol. The van der Waals surface area contributed by atoms with Gasteiger partial charge in [-0.25, -0.2) is 9.79 Å². The number of fused-ring (bicyclic) bond motifs is 1. The lowest BCUT2D eigenvalue weighted by atomic mass is 10.1. The van der Waals surface area contributed by atoms with Gasteiger partial charge in [-0.15, -0.1) is 0 Å². The van der Waals surface area contributed by atoms with Crippen LogP contribution < -0.4 is 14.8 Å². The topological polar surface area (TPSA) is 107 Å². The van der Waals surface area contributed by atoms with Crippen molar-refractivity contribution in [2.75, 3.05) is 40.4 Å². The molecule has 2 fully saturated rings. The number of aliphatic imine (C=N–C) groups is 1. The number of methoxy groups -OCH3 is 1. The van der Waals surface area contributed by atoms with E-state index in [-0.39, 0.29) is 13.2 Å². The zero-order valence-corrected chi connectivity index (χ0v) is 18.6. The van der Waals surface area contributed by atoms with Crippen LogP contribution >= 0.6 is 0 Å². The quantitative estimate of drug-likeness (QED) is 0.669. The molecule has 3 aliphatic heterocycles. The maximum atomic E-state index is 12.7. The number of rotatable bonds is 6. The summed E-state index contributed by atoms with van der Waals surface area (Å²) in [6.45, 7) is 1.91. The molecule has 174 valence electrons. The summed E-state index contributed by atoms with van der Waals surface area (Å²) in [6, 6.07) is 5.99. The fraction of sp³-hybridized carbons (Fsp3) is 0.591. The molecule has 3 unspecified atom stereocenters. The Morgan fingerprint density at radius 2 is 1.78 bits per heavy atom. The van der Waals surface area contributed by atoms with E-state index in [2.05, 4.69) is 10.2 Å². The maximum Gasteiger partial charge on any atom is 0.325 e. The molecule has 0 radical (unpaired) electrons. The molecule has 32 heavy (non-hydrogen) atoms. The van der Waals surface area contributed by atoms with Gasteiger partial charge in [0, 0.05) is 20.1 Å². The van der Waals surface area contributed by atoms with Crippen molar-refractivity contribution in [3.63, 3.8) is 0 Å². The first kappa shape index (κ1) is 22.2. The van der Waals surface area contributed by atoms with Gasteiger partial charge in [-0.05, 0) is 37.1 Å². The van der Waals surface area contributed by atoms with Crippen LogP contribution in [0.15, 0.2) is 29.3 Å². The molecular formula is C22H31N5O5. The number of carbonyl (C=O) groups is 2. The van der Waals surface area contributed by atoms with Crippen molar-refractivity contribution >= 4 is 17.9 Å². The Morgan fingerprint density at radius 1 is 1.12 bits per heavy atom. The Labute approximate surface area is 187 Å². The van der Waals surface area contributed by atoms with E-state index in [0.29, 0.717) is 11.7 Å². The summed E-state index contributed by atoms with van der Waals surface area (Å²) in [7, 11) is 3.23. The molecule has 4 rings (SSSR count). The molecule has 0 spiro atoms. The Bertz CT molecular complexity index is 853. The fourth-order valence-electron chi connectivity index (χ4n) is 4.38. The van der Waals surface area contributed by atoms with E-state index in [1.165, 1.54) is 4.90 Å². The molecule has 10 heteroatoms. The van der Waals surface area contributed by atoms with Crippen LogP contribution in [0.5, 0.6) is 11.5 Å². The zero-order chi connectivity index (χ0) is 22.7. The third-order valence-electron chi connectivity index (χ3n) is 6.14. The molecule has 2 N–H and O–H groups in total. The van der Waals surface area contributed by atoms with Crippen molar-refractivity contribution in [1.82, 2.24) is 20.0 Å². The number of amides is 3. The fourth-order valence-corrected chi connectivity index (χ4v) is 4.38. The highest BCUT2D eigenvalue weighted by molar-refractivity contribution is 6.03. The van der Waals surface area contributed by atoms with E-state index in [1.54, 1.807) is 38.4 Å². The Balaban J connectivity index is 1.48. The van der Waals surface area contributed by atoms with Crippen LogP contribution in [0.1, 0.15) is 25.7 Å². The molecule has 3 atom stereocenters. The van der Waals surface area contributed by atoms with E-state index >= 15 is 0 Å². The second-order valence-electron chi connectivity index (χ2n) is 8.39. The lowest BCUT2D eigenvalue weighted by Gasteiger charge is -2.38. The van der Waals surface area contributed by atoms with Gasteiger partial charge < -0.3 is 29.3 Å². The largest absolute Gasteiger partial charge is 0.497 e. The van der Waals surface area contributed by atoms with Crippen molar-refractivity contribution in [2.24, 2.45) is 4.99 Å². The van der Waals surface area contributed by atoms with Gasteiger partial charge in [0.05, 0.1) is 13.7 Å². The summed E-state index contributed by atoms with van der Waals surface area (Å²) in [4.78, 5) is 35.1. The summed E-state index contributed by atoms with van der Waals surface area (Å²) >= 11 is 0. The van der Waals surface area contributed by atoms with E-state index in [4.69, 9.17) is 14.5 Å². The zero-order valence-electron chi connectivity index (χ0n) is 18.6. The van der Waals surface area contributed by atoms with Crippen molar-refractivity contribution < 1.29 is 24.2 Å². The van der Waals surface area contributed by atoms with Crippen LogP contribution in [0.3, 0.4) is 0 Å². The second kappa shape index (κ2) is 9.64. The van der Waals surface area contributed by atoms with Crippen molar-refractivity contribution in [3.05, 3.63) is 24.3 Å². The number of carbonyl (C=O) groups excluding carboxylic acids is 2. The summed E-state index contributed by atoms with van der Waals surface area (Å²) in [5, 5.41) is 13.2. The number of hydrogen-bond acceptors (Lipinski definition) is 8. The number of aliphatic hydroxyl groups excluding tert-OH is 1. The van der Waals surface area contributed by atoms with Crippen LogP contribution in [0.2, 0.25) is 0 Å². The summed E-state index contributed by atoms with van der Waals surface area (Å²) in [5.41, 5.74) is 0. The first-order valence-electron chi connectivity index (χ1n) is 11.1. The normalized spacial score (nSPS) is 24.5. The number of hydrogen-bond donors (Lipinski definition) is 2. The monoisotopic (exact) mass is 445 g/mol. The van der Waals surface area contributed by atoms with Gasteiger partial charge in [0.2, 0.25) is 0 Å². The van der Waals surface area contributed by atoms with Crippen LogP contribution in [-0.2, 0) is 4.79 Å². The molecule has 3 amide bonds. The number of likely N-dealkylation sites (tertiary alicyclic amines) is 1. The van der Waals surface area contributed by atoms with Gasteiger partial charge in [-0.3, -0.25) is 10.1 Å². The van der Waals surface area contributed by atoms with Crippen LogP contribution in [0.25, 0.3) is 0 Å². The predicted molar refractivity (Wildman–Crippen MR) is 118 cm³/mol. The predicted octanol–water partition coefficient (Wildman–Crippen LogP) is 0.859. The number of β-amino-alcohol motifs (C(OH)–C–C–N with tert-alkyl or cyclic N) is 1. The smallest absolute Gasteiger partial charge is 0.325 e. The number of likely N-dealkylation sites (N-methyl/N-ethyl adjacent to an activating group) is 1. The van der Waals surface area contributed by atoms with Crippen LogP contribution in [0.4, 0.5) is 4.79 Å². The number of imide groups is 1. The molecule has 0 aromatic heterocycles. The third-order valence-corrected chi connectivity index (χ3v) is 6.14. The number of nitrogens with one attached hydrogen (secondary N) is 1. The maximum absolute atomic E-state index is 12.7. The average Bonchev–Trinajstić information content (AvgIpc) is 2.97. The van der Waals surface area contributed by atoms with Crippen molar-refractivity contribution in [2.45, 2.75) is 44.0 Å². The van der Waals surface area contributed by atoms with Crippen molar-refractivity contribution in [3.8, 4) is 11.5 Å². The lowest BCUT2D eigenvalue weighted by Crippen LogP contribution is -2.65. The van der Waals surface area contributed by atoms with E-state index in [1.807, 2.05) is 4.90 Å². The number of ether oxygens (including phenoxy) is 2. The molecule has 3 heterocycles. The van der Waals surface area contributed by atoms with Gasteiger partial charge in [0.1, 0.15) is 24.2 Å². The minimum Gasteiger partial charge on any atom is -0.497 e. The first-order valence-corrected chi connectivity index (χ1v) is 11.1. The standard InChI is InChI=1S/C22H31N5O5/c1-25-19-18(20(29)24-22(25)30)27(21(23-19)26-11-5-3-4-6-12-26)13-15(28)14-32-17-9-7-16(31-2)8-10-17/h7-10,15,18-19,28H,3-6,11-14H2,1-2H3,(H,24,29,30). The van der Waals surface area contributed by atoms with Gasteiger partial charge in [-0.1, -0.05) is 12.8 Å². The van der Waals surface area contributed by atoms with Gasteiger partial charge in [-0.2, -0.15) is 0 Å². The third kappa shape index (κ3) is 4.59. The van der Waals surface area contributed by atoms with Gasteiger partial charge >= 0.3 is 6.03 Å². The molecule has 1 aromatic rings. The van der Waals surface area contributed by atoms with Gasteiger partial charge in [0.15, 0.2) is 18.2 Å². The highest BCUT2D eigenvalue weighted by Crippen LogP contribution is 2.27. The molecule has 0 bridgehead atoms. The van der Waals surface area contributed by atoms with E-state index in [9.17, 15) is 14.7 Å². The number of aliphatic hydroxyl groups is 1. The van der Waals surface area contributed by atoms with Crippen LogP contribution in [-0.4, -0.2) is 96.4 Å². The van der Waals surface area contributed by atoms with Crippen molar-refractivity contribution in [1.29, 1.82) is 0 Å². The second-order valence-corrected chi connectivity index (χ2v) is 8.39. The highest BCUT2D eigenvalue weighted by atomic mass is 16.5.